The molecule has 6 nitrogen and oxygen atoms in total. The number of carbonyl (C=O) groups excluding carboxylic acids is 1. The predicted octanol–water partition coefficient (Wildman–Crippen LogP) is 3.18. The average Bonchev–Trinajstić information content (AvgIpc) is 3.12. The minimum absolute atomic E-state index is 0.290. The van der Waals surface area contributed by atoms with Gasteiger partial charge < -0.3 is 9.73 Å². The molecular formula is C19H26N2O4S2. The van der Waals surface area contributed by atoms with Crippen LogP contribution in [-0.2, 0) is 20.6 Å². The summed E-state index contributed by atoms with van der Waals surface area (Å²) in [4.78, 5) is 12.6. The highest BCUT2D eigenvalue weighted by atomic mass is 32.2. The second kappa shape index (κ2) is 9.85. The highest BCUT2D eigenvalue weighted by Crippen LogP contribution is 2.23. The second-order valence-electron chi connectivity index (χ2n) is 6.24. The molecule has 148 valence electrons. The van der Waals surface area contributed by atoms with Crippen LogP contribution in [0.4, 0.5) is 5.69 Å². The molecule has 1 N–H and O–H groups in total. The van der Waals surface area contributed by atoms with E-state index in [0.29, 0.717) is 24.4 Å². The van der Waals surface area contributed by atoms with E-state index in [-0.39, 0.29) is 5.91 Å². The van der Waals surface area contributed by atoms with Crippen LogP contribution in [-0.4, -0.2) is 38.9 Å². The summed E-state index contributed by atoms with van der Waals surface area (Å²) in [5.74, 6) is 2.05. The molecule has 1 aromatic carbocycles. The molecule has 0 bridgehead atoms. The average molecular weight is 411 g/mol. The van der Waals surface area contributed by atoms with Gasteiger partial charge in [-0.25, -0.2) is 8.42 Å². The van der Waals surface area contributed by atoms with E-state index in [1.807, 2.05) is 38.1 Å². The van der Waals surface area contributed by atoms with Crippen molar-refractivity contribution in [3.8, 4) is 0 Å². The SMILES string of the molecule is CCC(C(=O)NCCSCc1ccco1)N(c1ccc(C)cc1)S(C)(=O)=O. The first-order valence-corrected chi connectivity index (χ1v) is 11.8. The zero-order valence-corrected chi connectivity index (χ0v) is 17.5. The van der Waals surface area contributed by atoms with Gasteiger partial charge in [-0.1, -0.05) is 24.6 Å². The number of benzene rings is 1. The molecule has 27 heavy (non-hydrogen) atoms. The standard InChI is InChI=1S/C19H26N2O4S2/c1-4-18(19(22)20-11-13-26-14-17-6-5-12-25-17)21(27(3,23)24)16-9-7-15(2)8-10-16/h5-10,12,18H,4,11,13-14H2,1-3H3,(H,20,22). The van der Waals surface area contributed by atoms with Gasteiger partial charge in [-0.15, -0.1) is 0 Å². The maximum absolute atomic E-state index is 12.6. The summed E-state index contributed by atoms with van der Waals surface area (Å²) < 4.78 is 31.2. The molecular weight excluding hydrogens is 384 g/mol. The number of aryl methyl sites for hydroxylation is 1. The fourth-order valence-electron chi connectivity index (χ4n) is 2.68. The number of carbonyl (C=O) groups is 1. The molecule has 1 amide bonds. The van der Waals surface area contributed by atoms with Gasteiger partial charge in [0.2, 0.25) is 15.9 Å². The van der Waals surface area contributed by atoms with Gasteiger partial charge in [0.05, 0.1) is 24.0 Å². The van der Waals surface area contributed by atoms with E-state index in [9.17, 15) is 13.2 Å². The van der Waals surface area contributed by atoms with Crippen LogP contribution in [0.1, 0.15) is 24.7 Å². The van der Waals surface area contributed by atoms with Crippen molar-refractivity contribution in [2.45, 2.75) is 32.1 Å². The number of hydrogen-bond acceptors (Lipinski definition) is 5. The lowest BCUT2D eigenvalue weighted by atomic mass is 10.1. The number of rotatable bonds is 10. The molecule has 0 aliphatic heterocycles. The zero-order chi connectivity index (χ0) is 19.9. The van der Waals surface area contributed by atoms with Gasteiger partial charge in [-0.2, -0.15) is 11.8 Å². The molecule has 2 rings (SSSR count). The highest BCUT2D eigenvalue weighted by molar-refractivity contribution is 7.98. The lowest BCUT2D eigenvalue weighted by Crippen LogP contribution is -2.49. The second-order valence-corrected chi connectivity index (χ2v) is 9.21. The summed E-state index contributed by atoms with van der Waals surface area (Å²) in [6.07, 6.45) is 3.14. The molecule has 1 heterocycles. The normalized spacial score (nSPS) is 12.6. The van der Waals surface area contributed by atoms with Crippen molar-refractivity contribution in [2.75, 3.05) is 22.9 Å². The number of amides is 1. The molecule has 0 saturated carbocycles. The number of furan rings is 1. The van der Waals surface area contributed by atoms with Crippen LogP contribution in [0.5, 0.6) is 0 Å². The van der Waals surface area contributed by atoms with Gasteiger partial charge in [-0.3, -0.25) is 9.10 Å². The molecule has 1 unspecified atom stereocenters. The van der Waals surface area contributed by atoms with Crippen LogP contribution in [0.2, 0.25) is 0 Å². The van der Waals surface area contributed by atoms with E-state index >= 15 is 0 Å². The zero-order valence-electron chi connectivity index (χ0n) is 15.8. The smallest absolute Gasteiger partial charge is 0.243 e. The van der Waals surface area contributed by atoms with Gasteiger partial charge >= 0.3 is 0 Å². The molecule has 0 aliphatic carbocycles. The predicted molar refractivity (Wildman–Crippen MR) is 110 cm³/mol. The van der Waals surface area contributed by atoms with Gasteiger partial charge in [0.15, 0.2) is 0 Å². The molecule has 1 atom stereocenters. The van der Waals surface area contributed by atoms with E-state index < -0.39 is 16.1 Å². The van der Waals surface area contributed by atoms with Crippen molar-refractivity contribution in [2.24, 2.45) is 0 Å². The summed E-state index contributed by atoms with van der Waals surface area (Å²) in [5, 5.41) is 2.85. The van der Waals surface area contributed by atoms with E-state index in [2.05, 4.69) is 5.32 Å². The van der Waals surface area contributed by atoms with Crippen LogP contribution < -0.4 is 9.62 Å². The Morgan fingerprint density at radius 1 is 1.26 bits per heavy atom. The van der Waals surface area contributed by atoms with Crippen molar-refractivity contribution in [3.63, 3.8) is 0 Å². The van der Waals surface area contributed by atoms with Gasteiger partial charge in [0.1, 0.15) is 11.8 Å². The quantitative estimate of drug-likeness (QED) is 0.609. The Morgan fingerprint density at radius 3 is 2.52 bits per heavy atom. The summed E-state index contributed by atoms with van der Waals surface area (Å²) >= 11 is 1.64. The fraction of sp³-hybridized carbons (Fsp3) is 0.421. The first kappa shape index (κ1) is 21.4. The number of sulfonamides is 1. The molecule has 1 aromatic heterocycles. The van der Waals surface area contributed by atoms with Crippen molar-refractivity contribution < 1.29 is 17.6 Å². The van der Waals surface area contributed by atoms with Crippen LogP contribution in [0.25, 0.3) is 0 Å². The third-order valence-electron chi connectivity index (χ3n) is 3.99. The summed E-state index contributed by atoms with van der Waals surface area (Å²) in [6.45, 7) is 4.20. The molecule has 0 fully saturated rings. The van der Waals surface area contributed by atoms with E-state index in [0.717, 1.165) is 23.3 Å². The van der Waals surface area contributed by atoms with Gasteiger partial charge in [-0.05, 0) is 37.6 Å². The molecule has 0 aliphatic rings. The molecule has 2 aromatic rings. The Balaban J connectivity index is 1.98. The fourth-order valence-corrected chi connectivity index (χ4v) is 4.65. The van der Waals surface area contributed by atoms with Crippen LogP contribution >= 0.6 is 11.8 Å². The van der Waals surface area contributed by atoms with Crippen LogP contribution in [0.15, 0.2) is 47.1 Å². The lowest BCUT2D eigenvalue weighted by Gasteiger charge is -2.30. The van der Waals surface area contributed by atoms with Crippen molar-refractivity contribution >= 4 is 33.4 Å². The first-order valence-electron chi connectivity index (χ1n) is 8.77. The van der Waals surface area contributed by atoms with E-state index in [1.165, 1.54) is 4.31 Å². The van der Waals surface area contributed by atoms with Gasteiger partial charge in [0, 0.05) is 12.3 Å². The Morgan fingerprint density at radius 2 is 1.96 bits per heavy atom. The third kappa shape index (κ3) is 6.32. The monoisotopic (exact) mass is 410 g/mol. The van der Waals surface area contributed by atoms with Crippen molar-refractivity contribution in [3.05, 3.63) is 54.0 Å². The number of nitrogens with one attached hydrogen (secondary N) is 1. The van der Waals surface area contributed by atoms with Crippen LogP contribution in [0, 0.1) is 6.92 Å². The summed E-state index contributed by atoms with van der Waals surface area (Å²) in [5.41, 5.74) is 1.52. The minimum Gasteiger partial charge on any atom is -0.468 e. The Labute approximate surface area is 165 Å². The molecule has 0 saturated heterocycles. The highest BCUT2D eigenvalue weighted by Gasteiger charge is 2.31. The Bertz CT molecular complexity index is 818. The topological polar surface area (TPSA) is 79.6 Å². The number of anilines is 1. The third-order valence-corrected chi connectivity index (χ3v) is 6.15. The number of hydrogen-bond donors (Lipinski definition) is 1. The van der Waals surface area contributed by atoms with E-state index in [4.69, 9.17) is 4.42 Å². The van der Waals surface area contributed by atoms with E-state index in [1.54, 1.807) is 30.2 Å². The maximum atomic E-state index is 12.6. The Kier molecular flexibility index (Phi) is 7.79. The number of thioether (sulfide) groups is 1. The molecule has 0 spiro atoms. The molecule has 0 radical (unpaired) electrons. The molecule has 8 heteroatoms. The minimum atomic E-state index is -3.60. The van der Waals surface area contributed by atoms with Crippen molar-refractivity contribution in [1.82, 2.24) is 5.32 Å². The first-order chi connectivity index (χ1) is 12.8. The Hall–Kier alpha value is -1.93. The summed E-state index contributed by atoms with van der Waals surface area (Å²) in [6, 6.07) is 10.1. The number of nitrogens with zero attached hydrogens (tertiary/aromatic N) is 1. The van der Waals surface area contributed by atoms with Crippen molar-refractivity contribution in [1.29, 1.82) is 0 Å². The largest absolute Gasteiger partial charge is 0.468 e. The maximum Gasteiger partial charge on any atom is 0.243 e. The van der Waals surface area contributed by atoms with Crippen LogP contribution in [0.3, 0.4) is 0 Å². The van der Waals surface area contributed by atoms with Gasteiger partial charge in [0.25, 0.3) is 0 Å². The lowest BCUT2D eigenvalue weighted by molar-refractivity contribution is -0.122. The summed E-state index contributed by atoms with van der Waals surface area (Å²) in [7, 11) is -3.60.